The van der Waals surface area contributed by atoms with Crippen molar-refractivity contribution in [3.05, 3.63) is 0 Å². The number of halogens is 2. The number of esters is 1. The van der Waals surface area contributed by atoms with Gasteiger partial charge in [-0.25, -0.2) is 0 Å². The van der Waals surface area contributed by atoms with E-state index in [1.54, 1.807) is 20.8 Å². The van der Waals surface area contributed by atoms with E-state index in [1.807, 2.05) is 6.92 Å². The monoisotopic (exact) mass is 284 g/mol. The Hall–Kier alpha value is -0.0300. The zero-order chi connectivity index (χ0) is 13.3. The lowest BCUT2D eigenvalue weighted by molar-refractivity contribution is -0.160. The van der Waals surface area contributed by atoms with Crippen LogP contribution in [0.4, 0.5) is 0 Å². The van der Waals surface area contributed by atoms with Crippen LogP contribution in [-0.4, -0.2) is 22.2 Å². The molecular weight excluding hydrogens is 267 g/mol. The first-order valence-electron chi connectivity index (χ1n) is 5.62. The van der Waals surface area contributed by atoms with Gasteiger partial charge in [0.1, 0.15) is 11.0 Å². The summed E-state index contributed by atoms with van der Waals surface area (Å²) in [6.45, 7) is 7.36. The molecule has 1 fully saturated rings. The van der Waals surface area contributed by atoms with Gasteiger partial charge in [-0.2, -0.15) is 9.78 Å². The maximum atomic E-state index is 12.0. The average molecular weight is 285 g/mol. The first kappa shape index (κ1) is 15.0. The van der Waals surface area contributed by atoms with Crippen LogP contribution >= 0.6 is 23.2 Å². The fraction of sp³-hybridized carbons (Fsp3) is 0.909. The first-order chi connectivity index (χ1) is 7.69. The van der Waals surface area contributed by atoms with E-state index in [0.29, 0.717) is 6.42 Å². The van der Waals surface area contributed by atoms with E-state index in [1.165, 1.54) is 0 Å². The molecule has 0 aromatic heterocycles. The average Bonchev–Trinajstić information content (AvgIpc) is 2.90. The van der Waals surface area contributed by atoms with Gasteiger partial charge in [0.25, 0.3) is 0 Å². The van der Waals surface area contributed by atoms with Crippen LogP contribution < -0.4 is 0 Å². The molecule has 0 amide bonds. The van der Waals surface area contributed by atoms with Crippen molar-refractivity contribution in [1.82, 2.24) is 0 Å². The summed E-state index contributed by atoms with van der Waals surface area (Å²) >= 11 is 12.0. The highest BCUT2D eigenvalue weighted by Gasteiger charge is 2.58. The fourth-order valence-electron chi connectivity index (χ4n) is 1.44. The standard InChI is InChI=1S/C11H18Cl2O4/c1-5-6-7(8(12)11(13)16-17-11)9(14)15-10(2,3)4/h7-8H,5-6H2,1-4H3. The van der Waals surface area contributed by atoms with Gasteiger partial charge in [-0.1, -0.05) is 24.9 Å². The minimum Gasteiger partial charge on any atom is -0.460 e. The molecule has 0 radical (unpaired) electrons. The molecule has 0 spiro atoms. The molecule has 2 unspecified atom stereocenters. The third-order valence-electron chi connectivity index (χ3n) is 2.23. The molecule has 0 aromatic carbocycles. The van der Waals surface area contributed by atoms with Gasteiger partial charge >= 0.3 is 11.2 Å². The molecule has 2 atom stereocenters. The normalized spacial score (nSPS) is 21.8. The van der Waals surface area contributed by atoms with Crippen molar-refractivity contribution < 1.29 is 19.3 Å². The van der Waals surface area contributed by atoms with Gasteiger partial charge in [0.05, 0.1) is 5.92 Å². The summed E-state index contributed by atoms with van der Waals surface area (Å²) in [7, 11) is 0. The zero-order valence-corrected chi connectivity index (χ0v) is 12.0. The number of carbonyl (C=O) groups is 1. The molecule has 6 heteroatoms. The van der Waals surface area contributed by atoms with Crippen LogP contribution in [0.3, 0.4) is 0 Å². The van der Waals surface area contributed by atoms with Crippen molar-refractivity contribution in [3.8, 4) is 0 Å². The second-order valence-corrected chi connectivity index (χ2v) is 6.08. The molecule has 0 saturated carbocycles. The van der Waals surface area contributed by atoms with Gasteiger partial charge in [0, 0.05) is 0 Å². The van der Waals surface area contributed by atoms with Crippen LogP contribution in [0.1, 0.15) is 40.5 Å². The van der Waals surface area contributed by atoms with Crippen molar-refractivity contribution in [2.75, 3.05) is 0 Å². The summed E-state index contributed by atoms with van der Waals surface area (Å²) in [6.07, 6.45) is 1.37. The van der Waals surface area contributed by atoms with E-state index < -0.39 is 22.1 Å². The maximum absolute atomic E-state index is 12.0. The van der Waals surface area contributed by atoms with Gasteiger partial charge in [-0.3, -0.25) is 4.79 Å². The van der Waals surface area contributed by atoms with Gasteiger partial charge in [0.2, 0.25) is 0 Å². The molecule has 0 N–H and O–H groups in total. The second-order valence-electron chi connectivity index (χ2n) is 5.08. The van der Waals surface area contributed by atoms with Crippen molar-refractivity contribution in [1.29, 1.82) is 0 Å². The van der Waals surface area contributed by atoms with Crippen LogP contribution in [0, 0.1) is 5.92 Å². The van der Waals surface area contributed by atoms with Crippen LogP contribution in [0.2, 0.25) is 0 Å². The molecule has 1 aliphatic rings. The van der Waals surface area contributed by atoms with Crippen molar-refractivity contribution in [2.24, 2.45) is 5.92 Å². The van der Waals surface area contributed by atoms with Crippen molar-refractivity contribution >= 4 is 29.2 Å². The molecule has 0 aromatic rings. The molecule has 17 heavy (non-hydrogen) atoms. The summed E-state index contributed by atoms with van der Waals surface area (Å²) < 4.78 is 5.30. The lowest BCUT2D eigenvalue weighted by Crippen LogP contribution is -2.37. The lowest BCUT2D eigenvalue weighted by Gasteiger charge is -2.26. The van der Waals surface area contributed by atoms with Gasteiger partial charge in [-0.05, 0) is 27.2 Å². The third-order valence-corrected chi connectivity index (χ3v) is 3.30. The van der Waals surface area contributed by atoms with E-state index in [2.05, 4.69) is 9.78 Å². The Kier molecular flexibility index (Phi) is 4.69. The summed E-state index contributed by atoms with van der Waals surface area (Å²) in [5.74, 6) is -0.917. The van der Waals surface area contributed by atoms with Gasteiger partial charge in [-0.15, -0.1) is 11.6 Å². The van der Waals surface area contributed by atoms with Gasteiger partial charge in [0.15, 0.2) is 0 Å². The number of alkyl halides is 2. The Bertz CT molecular complexity index is 284. The van der Waals surface area contributed by atoms with E-state index >= 15 is 0 Å². The van der Waals surface area contributed by atoms with Crippen LogP contribution in [0.5, 0.6) is 0 Å². The molecular formula is C11H18Cl2O4. The molecule has 1 rings (SSSR count). The zero-order valence-electron chi connectivity index (χ0n) is 10.5. The third kappa shape index (κ3) is 4.28. The smallest absolute Gasteiger partial charge is 0.324 e. The Morgan fingerprint density at radius 1 is 1.41 bits per heavy atom. The number of hydrogen-bond donors (Lipinski definition) is 0. The highest BCUT2D eigenvalue weighted by atomic mass is 35.5. The highest BCUT2D eigenvalue weighted by molar-refractivity contribution is 6.32. The minimum atomic E-state index is -1.38. The maximum Gasteiger partial charge on any atom is 0.324 e. The predicted molar refractivity (Wildman–Crippen MR) is 64.6 cm³/mol. The van der Waals surface area contributed by atoms with Crippen LogP contribution in [-0.2, 0) is 19.3 Å². The summed E-state index contributed by atoms with van der Waals surface area (Å²) in [4.78, 5) is 21.2. The van der Waals surface area contributed by atoms with Crippen molar-refractivity contribution in [2.45, 2.75) is 56.8 Å². The lowest BCUT2D eigenvalue weighted by atomic mass is 9.98. The molecule has 1 heterocycles. The number of rotatable bonds is 5. The molecule has 4 nitrogen and oxygen atoms in total. The van der Waals surface area contributed by atoms with Crippen LogP contribution in [0.15, 0.2) is 0 Å². The van der Waals surface area contributed by atoms with Crippen LogP contribution in [0.25, 0.3) is 0 Å². The molecule has 0 bridgehead atoms. The highest BCUT2D eigenvalue weighted by Crippen LogP contribution is 2.45. The molecule has 100 valence electrons. The Labute approximate surface area is 111 Å². The topological polar surface area (TPSA) is 51.4 Å². The SMILES string of the molecule is CCCC(C(=O)OC(C)(C)C)C(Cl)C1(Cl)OO1. The largest absolute Gasteiger partial charge is 0.460 e. The Balaban J connectivity index is 2.68. The fourth-order valence-corrected chi connectivity index (χ4v) is 1.93. The van der Waals surface area contributed by atoms with E-state index in [0.717, 1.165) is 6.42 Å². The molecule has 0 aliphatic carbocycles. The van der Waals surface area contributed by atoms with E-state index in [-0.39, 0.29) is 5.97 Å². The second kappa shape index (κ2) is 5.31. The first-order valence-corrected chi connectivity index (χ1v) is 6.43. The minimum absolute atomic E-state index is 0.376. The summed E-state index contributed by atoms with van der Waals surface area (Å²) in [6, 6.07) is 0. The van der Waals surface area contributed by atoms with E-state index in [4.69, 9.17) is 27.9 Å². The molecule has 1 aliphatic heterocycles. The van der Waals surface area contributed by atoms with Crippen molar-refractivity contribution in [3.63, 3.8) is 0 Å². The summed E-state index contributed by atoms with van der Waals surface area (Å²) in [5.41, 5.74) is -0.551. The summed E-state index contributed by atoms with van der Waals surface area (Å²) in [5, 5.41) is -2.14. The quantitative estimate of drug-likeness (QED) is 0.337. The Morgan fingerprint density at radius 3 is 2.29 bits per heavy atom. The number of ether oxygens (including phenoxy) is 1. The molecule has 1 saturated heterocycles. The number of carbonyl (C=O) groups excluding carboxylic acids is 1. The predicted octanol–water partition coefficient (Wildman–Crippen LogP) is 3.21. The Morgan fingerprint density at radius 2 is 1.94 bits per heavy atom. The van der Waals surface area contributed by atoms with Gasteiger partial charge < -0.3 is 4.74 Å². The number of hydrogen-bond acceptors (Lipinski definition) is 4. The van der Waals surface area contributed by atoms with E-state index in [9.17, 15) is 4.79 Å².